The number of aromatic nitrogens is 4. The average molecular weight is 426 g/mol. The number of carbonyl (C=O) groups excluding carboxylic acids is 1. The number of hydrogen-bond acceptors (Lipinski definition) is 3. The number of hydrogen-bond donors (Lipinski definition) is 1. The molecule has 146 valence electrons. The molecule has 2 aromatic carbocycles. The van der Waals surface area contributed by atoms with Gasteiger partial charge in [-0.25, -0.2) is 4.68 Å². The predicted molar refractivity (Wildman–Crippen MR) is 113 cm³/mol. The first-order valence-corrected chi connectivity index (χ1v) is 9.70. The minimum Gasteiger partial charge on any atom is -0.346 e. The first-order chi connectivity index (χ1) is 14.1. The Morgan fingerprint density at radius 3 is 2.41 bits per heavy atom. The molecule has 0 radical (unpaired) electrons. The molecular weight excluding hydrogens is 409 g/mol. The van der Waals surface area contributed by atoms with Gasteiger partial charge in [0.05, 0.1) is 6.54 Å². The quantitative estimate of drug-likeness (QED) is 0.499. The van der Waals surface area contributed by atoms with Crippen LogP contribution in [0.15, 0.2) is 73.1 Å². The van der Waals surface area contributed by atoms with Gasteiger partial charge < -0.3 is 9.88 Å². The molecule has 8 heteroatoms. The van der Waals surface area contributed by atoms with Crippen LogP contribution in [0, 0.1) is 0 Å². The van der Waals surface area contributed by atoms with Crippen molar-refractivity contribution in [1.82, 2.24) is 24.9 Å². The van der Waals surface area contributed by atoms with Gasteiger partial charge in [-0.1, -0.05) is 58.7 Å². The van der Waals surface area contributed by atoms with Crippen molar-refractivity contribution < 1.29 is 4.79 Å². The second-order valence-corrected chi connectivity index (χ2v) is 7.25. The maximum atomic E-state index is 12.9. The van der Waals surface area contributed by atoms with Crippen molar-refractivity contribution in [2.24, 2.45) is 0 Å². The molecule has 4 rings (SSSR count). The Kier molecular flexibility index (Phi) is 5.64. The molecule has 0 aliphatic rings. The Labute approximate surface area is 177 Å². The Bertz CT molecular complexity index is 1120. The predicted octanol–water partition coefficient (Wildman–Crippen LogP) is 4.35. The molecule has 29 heavy (non-hydrogen) atoms. The number of nitrogens with one attached hydrogen (secondary N) is 1. The number of nitrogens with zero attached hydrogens (tertiary/aromatic N) is 4. The summed E-state index contributed by atoms with van der Waals surface area (Å²) in [6.07, 6.45) is 3.70. The van der Waals surface area contributed by atoms with Crippen LogP contribution < -0.4 is 5.32 Å². The van der Waals surface area contributed by atoms with Crippen molar-refractivity contribution in [1.29, 1.82) is 0 Å². The number of rotatable bonds is 6. The van der Waals surface area contributed by atoms with Crippen molar-refractivity contribution in [2.75, 3.05) is 0 Å². The maximum Gasteiger partial charge on any atom is 0.276 e. The van der Waals surface area contributed by atoms with E-state index in [0.29, 0.717) is 29.0 Å². The molecule has 0 aliphatic carbocycles. The van der Waals surface area contributed by atoms with E-state index in [1.54, 1.807) is 10.7 Å². The van der Waals surface area contributed by atoms with Crippen molar-refractivity contribution in [3.05, 3.63) is 99.9 Å². The normalized spacial score (nSPS) is 10.8. The highest BCUT2D eigenvalue weighted by atomic mass is 35.5. The van der Waals surface area contributed by atoms with Crippen molar-refractivity contribution in [3.8, 4) is 5.82 Å². The van der Waals surface area contributed by atoms with Crippen LogP contribution >= 0.6 is 23.2 Å². The average Bonchev–Trinajstić information content (AvgIpc) is 3.38. The van der Waals surface area contributed by atoms with Gasteiger partial charge in [-0.2, -0.15) is 0 Å². The lowest BCUT2D eigenvalue weighted by Crippen LogP contribution is -2.25. The van der Waals surface area contributed by atoms with Crippen molar-refractivity contribution in [3.63, 3.8) is 0 Å². The van der Waals surface area contributed by atoms with Crippen LogP contribution in [0.4, 0.5) is 0 Å². The van der Waals surface area contributed by atoms with Gasteiger partial charge in [0, 0.05) is 29.0 Å². The Balaban J connectivity index is 1.61. The van der Waals surface area contributed by atoms with Gasteiger partial charge in [-0.3, -0.25) is 4.79 Å². The van der Waals surface area contributed by atoms with Crippen LogP contribution in [0.1, 0.15) is 21.6 Å². The van der Waals surface area contributed by atoms with Gasteiger partial charge in [0.1, 0.15) is 0 Å². The molecule has 2 heterocycles. The highest BCUT2D eigenvalue weighted by Crippen LogP contribution is 2.18. The van der Waals surface area contributed by atoms with Gasteiger partial charge in [-0.15, -0.1) is 5.10 Å². The van der Waals surface area contributed by atoms with E-state index in [1.165, 1.54) is 0 Å². The molecule has 0 spiro atoms. The van der Waals surface area contributed by atoms with E-state index in [4.69, 9.17) is 23.2 Å². The first-order valence-electron chi connectivity index (χ1n) is 8.94. The largest absolute Gasteiger partial charge is 0.346 e. The zero-order valence-electron chi connectivity index (χ0n) is 15.3. The summed E-state index contributed by atoms with van der Waals surface area (Å²) in [5, 5.41) is 12.5. The lowest BCUT2D eigenvalue weighted by Gasteiger charge is -2.10. The molecule has 0 bridgehead atoms. The fraction of sp³-hybridized carbons (Fsp3) is 0.0952. The third-order valence-electron chi connectivity index (χ3n) is 4.42. The van der Waals surface area contributed by atoms with E-state index in [0.717, 1.165) is 11.1 Å². The van der Waals surface area contributed by atoms with Crippen LogP contribution in [0.3, 0.4) is 0 Å². The summed E-state index contributed by atoms with van der Waals surface area (Å²) in [5.74, 6) is 0.262. The maximum absolute atomic E-state index is 12.9. The molecule has 6 nitrogen and oxygen atoms in total. The zero-order valence-corrected chi connectivity index (χ0v) is 16.8. The molecule has 0 fully saturated rings. The summed E-state index contributed by atoms with van der Waals surface area (Å²) in [6, 6.07) is 18.6. The summed E-state index contributed by atoms with van der Waals surface area (Å²) < 4.78 is 3.51. The van der Waals surface area contributed by atoms with Gasteiger partial charge >= 0.3 is 0 Å². The molecule has 0 saturated carbocycles. The van der Waals surface area contributed by atoms with Crippen LogP contribution in [0.5, 0.6) is 0 Å². The molecule has 0 saturated heterocycles. The van der Waals surface area contributed by atoms with Crippen LogP contribution in [-0.2, 0) is 13.1 Å². The zero-order chi connectivity index (χ0) is 20.2. The third kappa shape index (κ3) is 4.34. The summed E-state index contributed by atoms with van der Waals surface area (Å²) >= 11 is 12.1. The molecular formula is C21H17Cl2N5O. The van der Waals surface area contributed by atoms with Gasteiger partial charge in [-0.05, 0) is 41.5 Å². The highest BCUT2D eigenvalue weighted by molar-refractivity contribution is 6.31. The lowest BCUT2D eigenvalue weighted by atomic mass is 10.2. The van der Waals surface area contributed by atoms with Crippen LogP contribution in [0.25, 0.3) is 5.82 Å². The fourth-order valence-electron chi connectivity index (χ4n) is 2.96. The number of halogens is 2. The Morgan fingerprint density at radius 2 is 1.69 bits per heavy atom. The first kappa shape index (κ1) is 19.2. The summed E-state index contributed by atoms with van der Waals surface area (Å²) in [4.78, 5) is 12.9. The SMILES string of the molecule is O=C(NCc1ccccc1Cl)c1nnn(Cc2ccc(Cl)cc2)c1-n1cccc1. The smallest absolute Gasteiger partial charge is 0.276 e. The monoisotopic (exact) mass is 425 g/mol. The Hall–Kier alpha value is -3.09. The van der Waals surface area contributed by atoms with Gasteiger partial charge in [0.25, 0.3) is 5.91 Å². The number of carbonyl (C=O) groups is 1. The standard InChI is InChI=1S/C21H17Cl2N5O/c22-17-9-7-15(8-10-17)14-28-21(27-11-3-4-12-27)19(25-26-28)20(29)24-13-16-5-1-2-6-18(16)23/h1-12H,13-14H2,(H,24,29). The minimum absolute atomic E-state index is 0.238. The molecule has 0 aliphatic heterocycles. The fourth-order valence-corrected chi connectivity index (χ4v) is 3.29. The lowest BCUT2D eigenvalue weighted by molar-refractivity contribution is 0.0946. The summed E-state index contributed by atoms with van der Waals surface area (Å²) in [5.41, 5.74) is 2.07. The highest BCUT2D eigenvalue weighted by Gasteiger charge is 2.21. The topological polar surface area (TPSA) is 64.7 Å². The van der Waals surface area contributed by atoms with E-state index in [2.05, 4.69) is 15.6 Å². The van der Waals surface area contributed by atoms with Crippen LogP contribution in [0.2, 0.25) is 10.0 Å². The molecule has 0 unspecified atom stereocenters. The van der Waals surface area contributed by atoms with E-state index in [-0.39, 0.29) is 11.6 Å². The molecule has 2 aromatic heterocycles. The van der Waals surface area contributed by atoms with Crippen LogP contribution in [-0.4, -0.2) is 25.5 Å². The summed E-state index contributed by atoms with van der Waals surface area (Å²) in [6.45, 7) is 0.753. The molecule has 1 amide bonds. The van der Waals surface area contributed by atoms with E-state index in [9.17, 15) is 4.79 Å². The second kappa shape index (κ2) is 8.51. The van der Waals surface area contributed by atoms with Gasteiger partial charge in [0.15, 0.2) is 11.5 Å². The number of benzene rings is 2. The Morgan fingerprint density at radius 1 is 0.966 bits per heavy atom. The van der Waals surface area contributed by atoms with E-state index >= 15 is 0 Å². The second-order valence-electron chi connectivity index (χ2n) is 6.41. The third-order valence-corrected chi connectivity index (χ3v) is 5.04. The van der Waals surface area contributed by atoms with Gasteiger partial charge in [0.2, 0.25) is 0 Å². The van der Waals surface area contributed by atoms with Crippen molar-refractivity contribution >= 4 is 29.1 Å². The number of amides is 1. The summed E-state index contributed by atoms with van der Waals surface area (Å²) in [7, 11) is 0. The molecule has 1 N–H and O–H groups in total. The van der Waals surface area contributed by atoms with E-state index in [1.807, 2.05) is 71.6 Å². The minimum atomic E-state index is -0.323. The molecule has 4 aromatic rings. The van der Waals surface area contributed by atoms with Crippen molar-refractivity contribution in [2.45, 2.75) is 13.1 Å². The molecule has 0 atom stereocenters. The van der Waals surface area contributed by atoms with E-state index < -0.39 is 0 Å².